The number of carbonyl (C=O) groups is 1. The molecule has 0 saturated heterocycles. The van der Waals surface area contributed by atoms with Gasteiger partial charge in [-0.1, -0.05) is 47.3 Å². The van der Waals surface area contributed by atoms with Gasteiger partial charge in [0.25, 0.3) is 0 Å². The van der Waals surface area contributed by atoms with Crippen LogP contribution in [0.1, 0.15) is 44.6 Å². The summed E-state index contributed by atoms with van der Waals surface area (Å²) in [5.74, 6) is -0.0629. The average Bonchev–Trinajstić information content (AvgIpc) is 2.46. The normalized spacial score (nSPS) is 18.4. The van der Waals surface area contributed by atoms with Crippen molar-refractivity contribution in [1.29, 1.82) is 0 Å². The van der Waals surface area contributed by atoms with Crippen LogP contribution in [-0.4, -0.2) is 18.5 Å². The van der Waals surface area contributed by atoms with Crippen LogP contribution in [-0.2, 0) is 10.2 Å². The van der Waals surface area contributed by atoms with E-state index in [4.69, 9.17) is 5.73 Å². The highest BCUT2D eigenvalue weighted by Gasteiger charge is 2.34. The zero-order valence-electron chi connectivity index (χ0n) is 12.4. The molecule has 1 aliphatic carbocycles. The van der Waals surface area contributed by atoms with Gasteiger partial charge < -0.3 is 11.1 Å². The van der Waals surface area contributed by atoms with E-state index in [1.807, 2.05) is 0 Å². The maximum atomic E-state index is 11.8. The van der Waals surface area contributed by atoms with E-state index < -0.39 is 6.04 Å². The van der Waals surface area contributed by atoms with Crippen molar-refractivity contribution in [1.82, 2.24) is 5.32 Å². The van der Waals surface area contributed by atoms with Crippen LogP contribution in [0.2, 0.25) is 0 Å². The van der Waals surface area contributed by atoms with Crippen molar-refractivity contribution in [3.05, 3.63) is 34.3 Å². The van der Waals surface area contributed by atoms with Crippen LogP contribution >= 0.6 is 28.3 Å². The Morgan fingerprint density at radius 1 is 1.29 bits per heavy atom. The van der Waals surface area contributed by atoms with Crippen molar-refractivity contribution in [3.63, 3.8) is 0 Å². The van der Waals surface area contributed by atoms with E-state index in [1.54, 1.807) is 6.92 Å². The number of carbonyl (C=O) groups excluding carboxylic acids is 1. The Kier molecular flexibility index (Phi) is 7.17. The number of hydrogen-bond acceptors (Lipinski definition) is 2. The molecule has 1 saturated carbocycles. The molecule has 2 rings (SSSR count). The van der Waals surface area contributed by atoms with Crippen molar-refractivity contribution in [3.8, 4) is 0 Å². The lowest BCUT2D eigenvalue weighted by molar-refractivity contribution is -0.122. The third-order valence-electron chi connectivity index (χ3n) is 4.28. The number of halogens is 2. The van der Waals surface area contributed by atoms with E-state index in [9.17, 15) is 4.79 Å². The smallest absolute Gasteiger partial charge is 0.236 e. The van der Waals surface area contributed by atoms with Crippen molar-refractivity contribution in [2.75, 3.05) is 6.54 Å². The summed E-state index contributed by atoms with van der Waals surface area (Å²) in [5, 5.41) is 3.03. The fourth-order valence-electron chi connectivity index (χ4n) is 3.02. The van der Waals surface area contributed by atoms with Crippen LogP contribution in [0, 0.1) is 0 Å². The molecular weight excluding hydrogens is 352 g/mol. The highest BCUT2D eigenvalue weighted by Crippen LogP contribution is 2.39. The predicted octanol–water partition coefficient (Wildman–Crippen LogP) is 3.54. The van der Waals surface area contributed by atoms with Crippen molar-refractivity contribution < 1.29 is 4.79 Å². The second-order valence-corrected chi connectivity index (χ2v) is 6.77. The second kappa shape index (κ2) is 8.16. The first-order chi connectivity index (χ1) is 9.53. The first-order valence-electron chi connectivity index (χ1n) is 7.33. The number of rotatable bonds is 4. The Labute approximate surface area is 141 Å². The molecule has 1 aromatic rings. The van der Waals surface area contributed by atoms with Gasteiger partial charge in [0.15, 0.2) is 0 Å². The standard InChI is InChI=1S/C16H23BrN2O.ClH/c1-12(18)15(20)19-11-16(9-3-2-4-10-16)13-5-7-14(17)8-6-13;/h5-8,12H,2-4,9-11,18H2,1H3,(H,19,20);1H/t12-;/m1./s1. The van der Waals surface area contributed by atoms with E-state index in [0.717, 1.165) is 17.3 Å². The summed E-state index contributed by atoms with van der Waals surface area (Å²) in [4.78, 5) is 11.8. The Balaban J connectivity index is 0.00000220. The van der Waals surface area contributed by atoms with E-state index in [0.29, 0.717) is 6.54 Å². The van der Waals surface area contributed by atoms with Crippen molar-refractivity contribution in [2.24, 2.45) is 5.73 Å². The monoisotopic (exact) mass is 374 g/mol. The van der Waals surface area contributed by atoms with Crippen molar-refractivity contribution >= 4 is 34.2 Å². The van der Waals surface area contributed by atoms with Gasteiger partial charge in [0.2, 0.25) is 5.91 Å². The minimum Gasteiger partial charge on any atom is -0.354 e. The second-order valence-electron chi connectivity index (χ2n) is 5.85. The molecule has 0 heterocycles. The summed E-state index contributed by atoms with van der Waals surface area (Å²) >= 11 is 3.48. The van der Waals surface area contributed by atoms with Crippen molar-refractivity contribution in [2.45, 2.75) is 50.5 Å². The number of benzene rings is 1. The lowest BCUT2D eigenvalue weighted by atomic mass is 9.69. The molecule has 0 bridgehead atoms. The van der Waals surface area contributed by atoms with Gasteiger partial charge in [0, 0.05) is 16.4 Å². The average molecular weight is 376 g/mol. The molecule has 3 N–H and O–H groups in total. The molecule has 0 radical (unpaired) electrons. The first kappa shape index (κ1) is 18.5. The third-order valence-corrected chi connectivity index (χ3v) is 4.81. The number of amides is 1. The molecule has 0 spiro atoms. The van der Waals surface area contributed by atoms with E-state index in [2.05, 4.69) is 45.5 Å². The molecule has 1 aliphatic rings. The zero-order chi connectivity index (χ0) is 14.6. The van der Waals surface area contributed by atoms with Gasteiger partial charge >= 0.3 is 0 Å². The lowest BCUT2D eigenvalue weighted by Crippen LogP contribution is -2.46. The molecule has 21 heavy (non-hydrogen) atoms. The molecule has 118 valence electrons. The summed E-state index contributed by atoms with van der Waals surface area (Å²) < 4.78 is 1.09. The largest absolute Gasteiger partial charge is 0.354 e. The molecule has 1 fully saturated rings. The van der Waals surface area contributed by atoms with Gasteiger partial charge in [-0.25, -0.2) is 0 Å². The quantitative estimate of drug-likeness (QED) is 0.845. The van der Waals surface area contributed by atoms with Crippen LogP contribution in [0.15, 0.2) is 28.7 Å². The van der Waals surface area contributed by atoms with Gasteiger partial charge in [0.1, 0.15) is 0 Å². The van der Waals surface area contributed by atoms with Crippen LogP contribution in [0.4, 0.5) is 0 Å². The molecule has 0 aromatic heterocycles. The highest BCUT2D eigenvalue weighted by molar-refractivity contribution is 9.10. The Hall–Kier alpha value is -0.580. The topological polar surface area (TPSA) is 55.1 Å². The summed E-state index contributed by atoms with van der Waals surface area (Å²) in [7, 11) is 0. The molecule has 1 aromatic carbocycles. The zero-order valence-corrected chi connectivity index (χ0v) is 14.8. The lowest BCUT2D eigenvalue weighted by Gasteiger charge is -2.38. The van der Waals surface area contributed by atoms with Gasteiger partial charge in [-0.3, -0.25) is 4.79 Å². The van der Waals surface area contributed by atoms with E-state index in [1.165, 1.54) is 24.8 Å². The van der Waals surface area contributed by atoms with Crippen LogP contribution in [0.3, 0.4) is 0 Å². The fourth-order valence-corrected chi connectivity index (χ4v) is 3.28. The van der Waals surface area contributed by atoms with Crippen LogP contribution in [0.5, 0.6) is 0 Å². The van der Waals surface area contributed by atoms with Crippen LogP contribution < -0.4 is 11.1 Å². The summed E-state index contributed by atoms with van der Waals surface area (Å²) in [6.45, 7) is 2.41. The highest BCUT2D eigenvalue weighted by atomic mass is 79.9. The molecule has 3 nitrogen and oxygen atoms in total. The van der Waals surface area contributed by atoms with E-state index >= 15 is 0 Å². The molecule has 0 aliphatic heterocycles. The minimum atomic E-state index is -0.444. The molecule has 5 heteroatoms. The fraction of sp³-hybridized carbons (Fsp3) is 0.562. The van der Waals surface area contributed by atoms with Gasteiger partial charge in [-0.15, -0.1) is 12.4 Å². The Bertz CT molecular complexity index is 456. The molecule has 0 unspecified atom stereocenters. The minimum absolute atomic E-state index is 0. The SMILES string of the molecule is C[C@@H](N)C(=O)NCC1(c2ccc(Br)cc2)CCCCC1.Cl. The van der Waals surface area contributed by atoms with Crippen LogP contribution in [0.25, 0.3) is 0 Å². The van der Waals surface area contributed by atoms with Gasteiger partial charge in [-0.2, -0.15) is 0 Å². The number of hydrogen-bond donors (Lipinski definition) is 2. The van der Waals surface area contributed by atoms with Gasteiger partial charge in [-0.05, 0) is 37.5 Å². The maximum absolute atomic E-state index is 11.8. The number of nitrogens with one attached hydrogen (secondary N) is 1. The first-order valence-corrected chi connectivity index (χ1v) is 8.12. The summed E-state index contributed by atoms with van der Waals surface area (Å²) in [6.07, 6.45) is 6.01. The van der Waals surface area contributed by atoms with Gasteiger partial charge in [0.05, 0.1) is 6.04 Å². The number of nitrogens with two attached hydrogens (primary N) is 1. The summed E-state index contributed by atoms with van der Waals surface area (Å²) in [6, 6.07) is 8.07. The molecule has 1 atom stereocenters. The third kappa shape index (κ3) is 4.70. The molecular formula is C16H24BrClN2O. The van der Waals surface area contributed by atoms with E-state index in [-0.39, 0.29) is 23.7 Å². The Morgan fingerprint density at radius 2 is 1.86 bits per heavy atom. The Morgan fingerprint density at radius 3 is 2.38 bits per heavy atom. The maximum Gasteiger partial charge on any atom is 0.236 e. The summed E-state index contributed by atoms with van der Waals surface area (Å²) in [5.41, 5.74) is 7.03. The molecule has 1 amide bonds. The predicted molar refractivity (Wildman–Crippen MR) is 92.8 cm³/mol.